The lowest BCUT2D eigenvalue weighted by Crippen LogP contribution is -2.30. The van der Waals surface area contributed by atoms with E-state index in [1.54, 1.807) is 12.1 Å². The second kappa shape index (κ2) is 6.26. The topological polar surface area (TPSA) is 75.6 Å². The number of carboxylic acids is 1. The van der Waals surface area contributed by atoms with Crippen LogP contribution < -0.4 is 10.1 Å². The first-order valence-corrected chi connectivity index (χ1v) is 7.19. The highest BCUT2D eigenvalue weighted by Gasteiger charge is 2.37. The van der Waals surface area contributed by atoms with Crippen molar-refractivity contribution in [2.75, 3.05) is 12.4 Å². The molecule has 2 N–H and O–H groups in total. The Balaban J connectivity index is 2.15. The summed E-state index contributed by atoms with van der Waals surface area (Å²) in [6, 6.07) is 5.29. The number of benzene rings is 1. The Bertz CT molecular complexity index is 532. The number of rotatable bonds is 4. The molecule has 2 rings (SSSR count). The van der Waals surface area contributed by atoms with E-state index < -0.39 is 17.8 Å². The number of ether oxygens (including phenoxy) is 1. The highest BCUT2D eigenvalue weighted by atomic mass is 79.9. The second-order valence-electron chi connectivity index (χ2n) is 4.82. The SMILES string of the molecule is COc1ccc(Br)cc1NC(=O)C1CCCC1C(=O)O. The van der Waals surface area contributed by atoms with Crippen LogP contribution in [0, 0.1) is 11.8 Å². The summed E-state index contributed by atoms with van der Waals surface area (Å²) in [7, 11) is 1.52. The number of carbonyl (C=O) groups excluding carboxylic acids is 1. The molecule has 5 nitrogen and oxygen atoms in total. The van der Waals surface area contributed by atoms with Crippen LogP contribution in [0.2, 0.25) is 0 Å². The van der Waals surface area contributed by atoms with E-state index in [1.807, 2.05) is 6.07 Å². The van der Waals surface area contributed by atoms with Gasteiger partial charge in [-0.3, -0.25) is 9.59 Å². The third-order valence-electron chi connectivity index (χ3n) is 3.59. The number of nitrogens with one attached hydrogen (secondary N) is 1. The van der Waals surface area contributed by atoms with Crippen LogP contribution in [0.3, 0.4) is 0 Å². The van der Waals surface area contributed by atoms with Gasteiger partial charge in [0.15, 0.2) is 0 Å². The fourth-order valence-electron chi connectivity index (χ4n) is 2.57. The van der Waals surface area contributed by atoms with E-state index in [0.29, 0.717) is 24.3 Å². The average molecular weight is 342 g/mol. The summed E-state index contributed by atoms with van der Waals surface area (Å²) >= 11 is 3.33. The number of carboxylic acid groups (broad SMARTS) is 1. The van der Waals surface area contributed by atoms with E-state index in [0.717, 1.165) is 10.9 Å². The zero-order valence-corrected chi connectivity index (χ0v) is 12.6. The molecule has 2 unspecified atom stereocenters. The van der Waals surface area contributed by atoms with E-state index in [-0.39, 0.29) is 5.91 Å². The zero-order valence-electron chi connectivity index (χ0n) is 11.1. The van der Waals surface area contributed by atoms with Crippen LogP contribution in [0.5, 0.6) is 5.75 Å². The molecule has 1 saturated carbocycles. The van der Waals surface area contributed by atoms with Gasteiger partial charge < -0.3 is 15.2 Å². The summed E-state index contributed by atoms with van der Waals surface area (Å²) in [6.07, 6.45) is 1.94. The molecule has 1 amide bonds. The number of halogens is 1. The minimum Gasteiger partial charge on any atom is -0.495 e. The Kier molecular flexibility index (Phi) is 4.65. The lowest BCUT2D eigenvalue weighted by Gasteiger charge is -2.17. The summed E-state index contributed by atoms with van der Waals surface area (Å²) in [5, 5.41) is 11.9. The van der Waals surface area contributed by atoms with Crippen LogP contribution in [0.4, 0.5) is 5.69 Å². The Morgan fingerprint density at radius 3 is 2.70 bits per heavy atom. The lowest BCUT2D eigenvalue weighted by atomic mass is 9.95. The van der Waals surface area contributed by atoms with E-state index in [2.05, 4.69) is 21.2 Å². The average Bonchev–Trinajstić information content (AvgIpc) is 2.88. The summed E-state index contributed by atoms with van der Waals surface area (Å²) in [5.41, 5.74) is 0.544. The largest absolute Gasteiger partial charge is 0.495 e. The van der Waals surface area contributed by atoms with E-state index in [4.69, 9.17) is 9.84 Å². The first-order chi connectivity index (χ1) is 9.52. The molecule has 2 atom stereocenters. The molecule has 1 aromatic carbocycles. The van der Waals surface area contributed by atoms with Gasteiger partial charge in [0.2, 0.25) is 5.91 Å². The molecule has 1 fully saturated rings. The fraction of sp³-hybridized carbons (Fsp3) is 0.429. The van der Waals surface area contributed by atoms with Crippen molar-refractivity contribution in [3.63, 3.8) is 0 Å². The van der Waals surface area contributed by atoms with Crippen LogP contribution in [0.15, 0.2) is 22.7 Å². The fourth-order valence-corrected chi connectivity index (χ4v) is 2.93. The van der Waals surface area contributed by atoms with Gasteiger partial charge >= 0.3 is 5.97 Å². The summed E-state index contributed by atoms with van der Waals surface area (Å²) in [6.45, 7) is 0. The number of anilines is 1. The van der Waals surface area contributed by atoms with Crippen LogP contribution in [0.25, 0.3) is 0 Å². The maximum Gasteiger partial charge on any atom is 0.307 e. The Morgan fingerprint density at radius 1 is 1.35 bits per heavy atom. The van der Waals surface area contributed by atoms with Crippen LogP contribution >= 0.6 is 15.9 Å². The van der Waals surface area contributed by atoms with Crippen molar-refractivity contribution in [1.82, 2.24) is 0 Å². The predicted molar refractivity (Wildman–Crippen MR) is 77.8 cm³/mol. The molecule has 0 radical (unpaired) electrons. The Hall–Kier alpha value is -1.56. The van der Waals surface area contributed by atoms with Gasteiger partial charge in [-0.1, -0.05) is 22.4 Å². The number of hydrogen-bond acceptors (Lipinski definition) is 3. The first kappa shape index (κ1) is 14.8. The molecule has 6 heteroatoms. The molecular weight excluding hydrogens is 326 g/mol. The van der Waals surface area contributed by atoms with Gasteiger partial charge in [-0.25, -0.2) is 0 Å². The minimum atomic E-state index is -0.899. The van der Waals surface area contributed by atoms with E-state index in [1.165, 1.54) is 7.11 Å². The van der Waals surface area contributed by atoms with Crippen LogP contribution in [0.1, 0.15) is 19.3 Å². The smallest absolute Gasteiger partial charge is 0.307 e. The monoisotopic (exact) mass is 341 g/mol. The van der Waals surface area contributed by atoms with Crippen molar-refractivity contribution >= 4 is 33.5 Å². The standard InChI is InChI=1S/C14H16BrNO4/c1-20-12-6-5-8(15)7-11(12)16-13(17)9-3-2-4-10(9)14(18)19/h5-7,9-10H,2-4H2,1H3,(H,16,17)(H,18,19). The van der Waals surface area contributed by atoms with Crippen molar-refractivity contribution in [1.29, 1.82) is 0 Å². The molecule has 0 aromatic heterocycles. The lowest BCUT2D eigenvalue weighted by molar-refractivity contribution is -0.145. The predicted octanol–water partition coefficient (Wildman–Crippen LogP) is 2.90. The minimum absolute atomic E-state index is 0.258. The van der Waals surface area contributed by atoms with Gasteiger partial charge in [0.05, 0.1) is 24.6 Å². The molecular formula is C14H16BrNO4. The number of amides is 1. The number of methoxy groups -OCH3 is 1. The molecule has 0 bridgehead atoms. The molecule has 0 aliphatic heterocycles. The third kappa shape index (κ3) is 3.12. The van der Waals surface area contributed by atoms with E-state index >= 15 is 0 Å². The highest BCUT2D eigenvalue weighted by Crippen LogP contribution is 2.34. The highest BCUT2D eigenvalue weighted by molar-refractivity contribution is 9.10. The summed E-state index contributed by atoms with van der Waals surface area (Å²) in [4.78, 5) is 23.4. The van der Waals surface area contributed by atoms with Crippen LogP contribution in [-0.2, 0) is 9.59 Å². The molecule has 0 saturated heterocycles. The number of hydrogen-bond donors (Lipinski definition) is 2. The van der Waals surface area contributed by atoms with Gasteiger partial charge in [-0.2, -0.15) is 0 Å². The maximum atomic E-state index is 12.3. The number of carbonyl (C=O) groups is 2. The Labute approximate surface area is 125 Å². The second-order valence-corrected chi connectivity index (χ2v) is 5.73. The quantitative estimate of drug-likeness (QED) is 0.882. The van der Waals surface area contributed by atoms with Crippen molar-refractivity contribution in [2.24, 2.45) is 11.8 Å². The first-order valence-electron chi connectivity index (χ1n) is 6.40. The summed E-state index contributed by atoms with van der Waals surface area (Å²) < 4.78 is 6.00. The molecule has 0 heterocycles. The molecule has 20 heavy (non-hydrogen) atoms. The molecule has 1 aromatic rings. The van der Waals surface area contributed by atoms with Crippen molar-refractivity contribution in [3.8, 4) is 5.75 Å². The summed E-state index contributed by atoms with van der Waals surface area (Å²) in [5.74, 6) is -1.68. The molecule has 108 valence electrons. The van der Waals surface area contributed by atoms with Crippen LogP contribution in [-0.4, -0.2) is 24.1 Å². The maximum absolute atomic E-state index is 12.3. The van der Waals surface area contributed by atoms with Gasteiger partial charge in [0, 0.05) is 4.47 Å². The van der Waals surface area contributed by atoms with Crippen molar-refractivity contribution in [3.05, 3.63) is 22.7 Å². The number of aliphatic carboxylic acids is 1. The zero-order chi connectivity index (χ0) is 14.7. The third-order valence-corrected chi connectivity index (χ3v) is 4.08. The molecule has 1 aliphatic carbocycles. The van der Waals surface area contributed by atoms with Gasteiger partial charge in [-0.05, 0) is 31.0 Å². The van der Waals surface area contributed by atoms with Gasteiger partial charge in [0.1, 0.15) is 5.75 Å². The van der Waals surface area contributed by atoms with Gasteiger partial charge in [0.25, 0.3) is 0 Å². The normalized spacial score (nSPS) is 21.5. The molecule has 0 spiro atoms. The molecule has 1 aliphatic rings. The Morgan fingerprint density at radius 2 is 2.05 bits per heavy atom. The van der Waals surface area contributed by atoms with E-state index in [9.17, 15) is 9.59 Å². The van der Waals surface area contributed by atoms with Gasteiger partial charge in [-0.15, -0.1) is 0 Å². The van der Waals surface area contributed by atoms with Crippen molar-refractivity contribution in [2.45, 2.75) is 19.3 Å². The van der Waals surface area contributed by atoms with Crippen molar-refractivity contribution < 1.29 is 19.4 Å².